The molecule has 0 saturated heterocycles. The standard InChI is InChI=1S/C35H22O9/c36-29-19-11-25(43-13-23(19)33(40)27-21(29)9-15-5-1-3-7-17(15)31(27)38)35(42)26-12-20-24(14-44-26)34(41)28-22(30(20)37)10-16-6-2-4-8-18(16)32(28)39/h1-10,13,19,25-26,38-39H,11-12,14H2. The Hall–Kier alpha value is -5.41. The minimum Gasteiger partial charge on any atom is -0.507 e. The first kappa shape index (κ1) is 26.2. The molecular weight excluding hydrogens is 564 g/mol. The van der Waals surface area contributed by atoms with E-state index < -0.39 is 47.0 Å². The summed E-state index contributed by atoms with van der Waals surface area (Å²) in [6.07, 6.45) is -1.46. The Bertz CT molecular complexity index is 2130. The normalized spacial score (nSPS) is 22.6. The highest BCUT2D eigenvalue weighted by molar-refractivity contribution is 6.30. The molecule has 0 aromatic heterocycles. The second-order valence-electron chi connectivity index (χ2n) is 11.4. The van der Waals surface area contributed by atoms with Crippen molar-refractivity contribution >= 4 is 50.5 Å². The maximum atomic E-state index is 13.7. The number of benzene rings is 4. The van der Waals surface area contributed by atoms with Crippen LogP contribution in [-0.2, 0) is 14.3 Å². The van der Waals surface area contributed by atoms with Crippen molar-refractivity contribution in [2.24, 2.45) is 5.92 Å². The Morgan fingerprint density at radius 1 is 0.727 bits per heavy atom. The fourth-order valence-corrected chi connectivity index (χ4v) is 6.87. The van der Waals surface area contributed by atoms with E-state index in [1.165, 1.54) is 0 Å². The zero-order valence-electron chi connectivity index (χ0n) is 23.0. The van der Waals surface area contributed by atoms with Crippen LogP contribution in [0.1, 0.15) is 54.3 Å². The summed E-state index contributed by atoms with van der Waals surface area (Å²) >= 11 is 0. The topological polar surface area (TPSA) is 144 Å². The molecule has 4 aromatic rings. The zero-order chi connectivity index (χ0) is 30.4. The molecule has 9 heteroatoms. The van der Waals surface area contributed by atoms with Gasteiger partial charge in [-0.05, 0) is 22.9 Å². The summed E-state index contributed by atoms with van der Waals surface area (Å²) in [5.41, 5.74) is 0.303. The molecular formula is C35H22O9. The number of rotatable bonds is 2. The number of aromatic hydroxyl groups is 2. The molecule has 3 atom stereocenters. The van der Waals surface area contributed by atoms with Crippen LogP contribution in [0.25, 0.3) is 21.5 Å². The third-order valence-corrected chi connectivity index (χ3v) is 9.14. The molecule has 0 bridgehead atoms. The number of ether oxygens (including phenoxy) is 2. The van der Waals surface area contributed by atoms with Gasteiger partial charge >= 0.3 is 0 Å². The number of allylic oxidation sites excluding steroid dienone is 1. The summed E-state index contributed by atoms with van der Waals surface area (Å²) in [5, 5.41) is 23.8. The summed E-state index contributed by atoms with van der Waals surface area (Å²) < 4.78 is 11.5. The van der Waals surface area contributed by atoms with Gasteiger partial charge in [0.05, 0.1) is 29.9 Å². The second kappa shape index (κ2) is 9.29. The summed E-state index contributed by atoms with van der Waals surface area (Å²) in [4.78, 5) is 67.7. The molecule has 2 aliphatic heterocycles. The van der Waals surface area contributed by atoms with Crippen molar-refractivity contribution in [1.82, 2.24) is 0 Å². The highest BCUT2D eigenvalue weighted by Crippen LogP contribution is 2.44. The van der Waals surface area contributed by atoms with Gasteiger partial charge in [-0.3, -0.25) is 24.0 Å². The number of ketones is 5. The summed E-state index contributed by atoms with van der Waals surface area (Å²) in [7, 11) is 0. The van der Waals surface area contributed by atoms with E-state index in [1.54, 1.807) is 60.7 Å². The van der Waals surface area contributed by atoms with E-state index in [4.69, 9.17) is 9.47 Å². The van der Waals surface area contributed by atoms with Crippen molar-refractivity contribution in [3.8, 4) is 11.5 Å². The highest BCUT2D eigenvalue weighted by Gasteiger charge is 2.47. The lowest BCUT2D eigenvalue weighted by atomic mass is 9.73. The molecule has 9 nitrogen and oxygen atoms in total. The number of phenols is 2. The second-order valence-corrected chi connectivity index (χ2v) is 11.4. The van der Waals surface area contributed by atoms with E-state index in [2.05, 4.69) is 0 Å². The fourth-order valence-electron chi connectivity index (χ4n) is 6.87. The van der Waals surface area contributed by atoms with E-state index in [-0.39, 0.29) is 69.9 Å². The highest BCUT2D eigenvalue weighted by atomic mass is 16.5. The molecule has 0 amide bonds. The van der Waals surface area contributed by atoms with Crippen LogP contribution in [0.3, 0.4) is 0 Å². The maximum Gasteiger partial charge on any atom is 0.202 e. The molecule has 0 radical (unpaired) electrons. The third-order valence-electron chi connectivity index (χ3n) is 9.14. The van der Waals surface area contributed by atoms with Crippen molar-refractivity contribution in [2.75, 3.05) is 6.61 Å². The van der Waals surface area contributed by atoms with Crippen LogP contribution in [-0.4, -0.2) is 57.9 Å². The minimum atomic E-state index is -1.14. The van der Waals surface area contributed by atoms with Crippen LogP contribution in [0, 0.1) is 5.92 Å². The van der Waals surface area contributed by atoms with Gasteiger partial charge in [0.1, 0.15) is 17.6 Å². The first-order valence-electron chi connectivity index (χ1n) is 14.1. The number of carbonyl (C=O) groups is 5. The lowest BCUT2D eigenvalue weighted by molar-refractivity contribution is -0.140. The predicted octanol–water partition coefficient (Wildman–Crippen LogP) is 4.81. The molecule has 0 fully saturated rings. The molecule has 4 aromatic carbocycles. The molecule has 2 heterocycles. The fraction of sp³-hybridized carbons (Fsp3) is 0.171. The minimum absolute atomic E-state index is 0.0587. The van der Waals surface area contributed by atoms with Gasteiger partial charge in [-0.15, -0.1) is 0 Å². The molecule has 2 aliphatic carbocycles. The van der Waals surface area contributed by atoms with Crippen LogP contribution in [0.5, 0.6) is 11.5 Å². The summed E-state index contributed by atoms with van der Waals surface area (Å²) in [6.45, 7) is -0.309. The van der Waals surface area contributed by atoms with Crippen molar-refractivity contribution in [3.63, 3.8) is 0 Å². The lowest BCUT2D eigenvalue weighted by Gasteiger charge is -2.35. The van der Waals surface area contributed by atoms with Crippen molar-refractivity contribution in [2.45, 2.75) is 25.0 Å². The van der Waals surface area contributed by atoms with Crippen LogP contribution in [0.2, 0.25) is 0 Å². The third kappa shape index (κ3) is 3.53. The average Bonchev–Trinajstić information content (AvgIpc) is 3.05. The Kier molecular flexibility index (Phi) is 5.54. The number of carbonyl (C=O) groups excluding carboxylic acids is 5. The molecule has 0 saturated carbocycles. The molecule has 3 unspecified atom stereocenters. The van der Waals surface area contributed by atoms with Gasteiger partial charge < -0.3 is 19.7 Å². The molecule has 8 rings (SSSR count). The van der Waals surface area contributed by atoms with E-state index in [0.717, 1.165) is 6.26 Å². The Labute approximate surface area is 249 Å². The molecule has 4 aliphatic rings. The van der Waals surface area contributed by atoms with Crippen LogP contribution in [0.4, 0.5) is 0 Å². The predicted molar refractivity (Wildman–Crippen MR) is 156 cm³/mol. The Morgan fingerprint density at radius 3 is 2.02 bits per heavy atom. The molecule has 216 valence electrons. The van der Waals surface area contributed by atoms with Crippen molar-refractivity contribution in [3.05, 3.63) is 106 Å². The summed E-state index contributed by atoms with van der Waals surface area (Å²) in [5.74, 6) is -3.95. The largest absolute Gasteiger partial charge is 0.507 e. The zero-order valence-corrected chi connectivity index (χ0v) is 23.0. The smallest absolute Gasteiger partial charge is 0.202 e. The van der Waals surface area contributed by atoms with Gasteiger partial charge in [0, 0.05) is 51.5 Å². The number of hydrogen-bond acceptors (Lipinski definition) is 9. The Balaban J connectivity index is 1.08. The first-order chi connectivity index (χ1) is 21.2. The maximum absolute atomic E-state index is 13.7. The van der Waals surface area contributed by atoms with Crippen molar-refractivity contribution < 1.29 is 43.7 Å². The van der Waals surface area contributed by atoms with Gasteiger partial charge in [-0.25, -0.2) is 0 Å². The van der Waals surface area contributed by atoms with Gasteiger partial charge in [0.25, 0.3) is 0 Å². The monoisotopic (exact) mass is 586 g/mol. The van der Waals surface area contributed by atoms with E-state index in [1.807, 2.05) is 0 Å². The average molecular weight is 587 g/mol. The van der Waals surface area contributed by atoms with Crippen LogP contribution < -0.4 is 0 Å². The van der Waals surface area contributed by atoms with Gasteiger partial charge in [-0.2, -0.15) is 0 Å². The number of phenolic OH excluding ortho intramolecular Hbond substituents is 2. The first-order valence-corrected chi connectivity index (χ1v) is 14.1. The van der Waals surface area contributed by atoms with Gasteiger partial charge in [0.15, 0.2) is 29.2 Å². The van der Waals surface area contributed by atoms with Gasteiger partial charge in [-0.1, -0.05) is 48.5 Å². The lowest BCUT2D eigenvalue weighted by Crippen LogP contribution is -2.45. The number of Topliss-reactive ketones (excluding diaryl/α,β-unsaturated/α-hetero) is 5. The molecule has 44 heavy (non-hydrogen) atoms. The summed E-state index contributed by atoms with van der Waals surface area (Å²) in [6, 6.07) is 16.9. The molecule has 0 spiro atoms. The van der Waals surface area contributed by atoms with E-state index in [9.17, 15) is 34.2 Å². The van der Waals surface area contributed by atoms with Gasteiger partial charge in [0.2, 0.25) is 5.78 Å². The SMILES string of the molecule is O=C1C2=C(COC(C(=O)C3CC4C(=O)c5cc6ccccc6c(O)c5C(=O)C4=CO3)C2)C(=O)c2c1cc1ccccc1c2O. The van der Waals surface area contributed by atoms with E-state index >= 15 is 0 Å². The number of fused-ring (bicyclic) bond motifs is 5. The number of hydrogen-bond donors (Lipinski definition) is 2. The van der Waals surface area contributed by atoms with Crippen molar-refractivity contribution in [1.29, 1.82) is 0 Å². The van der Waals surface area contributed by atoms with Crippen LogP contribution >= 0.6 is 0 Å². The molecule has 2 N–H and O–H groups in total. The van der Waals surface area contributed by atoms with E-state index in [0.29, 0.717) is 21.5 Å². The quantitative estimate of drug-likeness (QED) is 0.338. The van der Waals surface area contributed by atoms with Crippen LogP contribution in [0.15, 0.2) is 83.6 Å². The Morgan fingerprint density at radius 2 is 1.34 bits per heavy atom.